The summed E-state index contributed by atoms with van der Waals surface area (Å²) in [4.78, 5) is 25.9. The van der Waals surface area contributed by atoms with Crippen LogP contribution in [-0.2, 0) is 0 Å². The monoisotopic (exact) mass is 350 g/mol. The van der Waals surface area contributed by atoms with Gasteiger partial charge >= 0.3 is 0 Å². The Morgan fingerprint density at radius 1 is 1.00 bits per heavy atom. The standard InChI is InChI=1S/C14H8BrClN2O2/c15-11-5-7(16)1-4-12(11)18-13(19)9-3-2-8(17)6-10(9)14(18)20/h1-6H,17H2. The van der Waals surface area contributed by atoms with Crippen molar-refractivity contribution in [3.63, 3.8) is 0 Å². The molecule has 0 unspecified atom stereocenters. The van der Waals surface area contributed by atoms with E-state index in [9.17, 15) is 9.59 Å². The SMILES string of the molecule is Nc1ccc2c(c1)C(=O)N(c1ccc(Cl)cc1Br)C2=O. The third-order valence-electron chi connectivity index (χ3n) is 3.06. The number of hydrogen-bond donors (Lipinski definition) is 1. The molecule has 0 aromatic heterocycles. The molecular formula is C14H8BrClN2O2. The highest BCUT2D eigenvalue weighted by Gasteiger charge is 2.37. The van der Waals surface area contributed by atoms with Crippen LogP contribution < -0.4 is 10.6 Å². The fraction of sp³-hybridized carbons (Fsp3) is 0. The van der Waals surface area contributed by atoms with Crippen molar-refractivity contribution in [1.82, 2.24) is 0 Å². The molecule has 1 heterocycles. The maximum Gasteiger partial charge on any atom is 0.266 e. The molecule has 0 fully saturated rings. The third kappa shape index (κ3) is 1.90. The summed E-state index contributed by atoms with van der Waals surface area (Å²) in [5, 5.41) is 0.515. The first-order chi connectivity index (χ1) is 9.49. The lowest BCUT2D eigenvalue weighted by Crippen LogP contribution is -2.29. The minimum absolute atomic E-state index is 0.317. The number of fused-ring (bicyclic) bond motifs is 1. The molecule has 1 aliphatic heterocycles. The smallest absolute Gasteiger partial charge is 0.266 e. The van der Waals surface area contributed by atoms with Gasteiger partial charge in [0.25, 0.3) is 11.8 Å². The number of imide groups is 1. The largest absolute Gasteiger partial charge is 0.399 e. The second kappa shape index (κ2) is 4.61. The minimum Gasteiger partial charge on any atom is -0.399 e. The van der Waals surface area contributed by atoms with E-state index in [0.29, 0.717) is 32.0 Å². The Hall–Kier alpha value is -1.85. The van der Waals surface area contributed by atoms with E-state index < -0.39 is 0 Å². The summed E-state index contributed by atoms with van der Waals surface area (Å²) in [5.74, 6) is -0.756. The van der Waals surface area contributed by atoms with Crippen molar-refractivity contribution in [2.45, 2.75) is 0 Å². The van der Waals surface area contributed by atoms with Gasteiger partial charge in [-0.25, -0.2) is 4.90 Å². The number of carbonyl (C=O) groups excluding carboxylic acids is 2. The Morgan fingerprint density at radius 3 is 2.40 bits per heavy atom. The zero-order chi connectivity index (χ0) is 14.4. The molecule has 0 spiro atoms. The lowest BCUT2D eigenvalue weighted by Gasteiger charge is -2.15. The van der Waals surface area contributed by atoms with E-state index in [0.717, 1.165) is 4.90 Å². The number of halogens is 2. The van der Waals surface area contributed by atoms with Gasteiger partial charge in [0.1, 0.15) is 0 Å². The summed E-state index contributed by atoms with van der Waals surface area (Å²) < 4.78 is 0.576. The first-order valence-electron chi connectivity index (χ1n) is 5.72. The molecular weight excluding hydrogens is 344 g/mol. The fourth-order valence-electron chi connectivity index (χ4n) is 2.14. The summed E-state index contributed by atoms with van der Waals surface area (Å²) in [7, 11) is 0. The molecule has 1 aliphatic rings. The number of rotatable bonds is 1. The van der Waals surface area contributed by atoms with Gasteiger partial charge in [-0.1, -0.05) is 11.6 Å². The molecule has 6 heteroatoms. The van der Waals surface area contributed by atoms with E-state index >= 15 is 0 Å². The Morgan fingerprint density at radius 2 is 1.70 bits per heavy atom. The van der Waals surface area contributed by atoms with Crippen LogP contribution in [0.4, 0.5) is 11.4 Å². The Balaban J connectivity index is 2.14. The van der Waals surface area contributed by atoms with Gasteiger partial charge in [0.2, 0.25) is 0 Å². The van der Waals surface area contributed by atoms with Gasteiger partial charge < -0.3 is 5.73 Å². The van der Waals surface area contributed by atoms with E-state index in [1.54, 1.807) is 30.3 Å². The molecule has 0 radical (unpaired) electrons. The third-order valence-corrected chi connectivity index (χ3v) is 3.93. The van der Waals surface area contributed by atoms with Crippen molar-refractivity contribution in [1.29, 1.82) is 0 Å². The van der Waals surface area contributed by atoms with Crippen LogP contribution in [-0.4, -0.2) is 11.8 Å². The number of hydrogen-bond acceptors (Lipinski definition) is 3. The Kier molecular flexibility index (Phi) is 3.03. The van der Waals surface area contributed by atoms with Crippen molar-refractivity contribution in [3.05, 3.63) is 57.0 Å². The van der Waals surface area contributed by atoms with Crippen molar-refractivity contribution < 1.29 is 9.59 Å². The van der Waals surface area contributed by atoms with Gasteiger partial charge in [-0.3, -0.25) is 9.59 Å². The highest BCUT2D eigenvalue weighted by atomic mass is 79.9. The van der Waals surface area contributed by atoms with E-state index in [1.807, 2.05) is 0 Å². The zero-order valence-electron chi connectivity index (χ0n) is 10.1. The molecule has 3 rings (SSSR count). The summed E-state index contributed by atoms with van der Waals surface area (Å²) in [6.07, 6.45) is 0. The van der Waals surface area contributed by atoms with Gasteiger partial charge in [0, 0.05) is 15.2 Å². The number of amides is 2. The molecule has 2 aromatic carbocycles. The molecule has 2 N–H and O–H groups in total. The molecule has 0 saturated carbocycles. The van der Waals surface area contributed by atoms with Crippen LogP contribution in [0.15, 0.2) is 40.9 Å². The van der Waals surface area contributed by atoms with E-state index in [2.05, 4.69) is 15.9 Å². The molecule has 0 saturated heterocycles. The van der Waals surface area contributed by atoms with Crippen molar-refractivity contribution in [3.8, 4) is 0 Å². The molecule has 2 amide bonds. The highest BCUT2D eigenvalue weighted by Crippen LogP contribution is 2.35. The second-order valence-corrected chi connectivity index (χ2v) is 5.64. The molecule has 0 aliphatic carbocycles. The predicted molar refractivity (Wildman–Crippen MR) is 81.1 cm³/mol. The summed E-state index contributed by atoms with van der Waals surface area (Å²) in [6, 6.07) is 9.56. The van der Waals surface area contributed by atoms with Gasteiger partial charge in [0.05, 0.1) is 16.8 Å². The van der Waals surface area contributed by atoms with Crippen LogP contribution in [0.1, 0.15) is 20.7 Å². The molecule has 20 heavy (non-hydrogen) atoms. The molecule has 0 atom stereocenters. The van der Waals surface area contributed by atoms with Crippen LogP contribution >= 0.6 is 27.5 Å². The first kappa shape index (κ1) is 13.1. The summed E-state index contributed by atoms with van der Waals surface area (Å²) >= 11 is 9.19. The lowest BCUT2D eigenvalue weighted by atomic mass is 10.1. The average Bonchev–Trinajstić information content (AvgIpc) is 2.63. The number of carbonyl (C=O) groups is 2. The highest BCUT2D eigenvalue weighted by molar-refractivity contribution is 9.10. The number of anilines is 2. The maximum absolute atomic E-state index is 12.4. The van der Waals surface area contributed by atoms with Gasteiger partial charge in [-0.15, -0.1) is 0 Å². The van der Waals surface area contributed by atoms with Crippen molar-refractivity contribution in [2.24, 2.45) is 0 Å². The van der Waals surface area contributed by atoms with Gasteiger partial charge in [0.15, 0.2) is 0 Å². The maximum atomic E-state index is 12.4. The predicted octanol–water partition coefficient (Wildman–Crippen LogP) is 3.49. The molecule has 2 aromatic rings. The number of nitrogens with zero attached hydrogens (tertiary/aromatic N) is 1. The van der Waals surface area contributed by atoms with Crippen molar-refractivity contribution in [2.75, 3.05) is 10.6 Å². The number of nitrogen functional groups attached to an aromatic ring is 1. The first-order valence-corrected chi connectivity index (χ1v) is 6.89. The Bertz CT molecular complexity index is 761. The summed E-state index contributed by atoms with van der Waals surface area (Å²) in [6.45, 7) is 0. The molecule has 0 bridgehead atoms. The van der Waals surface area contributed by atoms with E-state index in [-0.39, 0.29) is 11.8 Å². The second-order valence-electron chi connectivity index (χ2n) is 4.35. The Labute approximate surface area is 128 Å². The van der Waals surface area contributed by atoms with Crippen LogP contribution in [0.5, 0.6) is 0 Å². The lowest BCUT2D eigenvalue weighted by molar-refractivity contribution is 0.0926. The minimum atomic E-state index is -0.389. The number of benzene rings is 2. The van der Waals surface area contributed by atoms with Crippen LogP contribution in [0.3, 0.4) is 0 Å². The quantitative estimate of drug-likeness (QED) is 0.632. The average molecular weight is 352 g/mol. The topological polar surface area (TPSA) is 63.4 Å². The normalized spacial score (nSPS) is 13.8. The van der Waals surface area contributed by atoms with E-state index in [1.165, 1.54) is 6.07 Å². The van der Waals surface area contributed by atoms with E-state index in [4.69, 9.17) is 17.3 Å². The summed E-state index contributed by atoms with van der Waals surface area (Å²) in [5.41, 5.74) is 7.24. The molecule has 4 nitrogen and oxygen atoms in total. The van der Waals surface area contributed by atoms with Gasteiger partial charge in [-0.2, -0.15) is 0 Å². The van der Waals surface area contributed by atoms with Gasteiger partial charge in [-0.05, 0) is 52.3 Å². The van der Waals surface area contributed by atoms with Crippen molar-refractivity contribution >= 4 is 50.7 Å². The van der Waals surface area contributed by atoms with Crippen LogP contribution in [0.2, 0.25) is 5.02 Å². The zero-order valence-corrected chi connectivity index (χ0v) is 12.4. The number of nitrogens with two attached hydrogens (primary N) is 1. The van der Waals surface area contributed by atoms with Crippen LogP contribution in [0.25, 0.3) is 0 Å². The van der Waals surface area contributed by atoms with Crippen LogP contribution in [0, 0.1) is 0 Å². The fourth-order valence-corrected chi connectivity index (χ4v) is 3.00. The molecule has 100 valence electrons.